The highest BCUT2D eigenvalue weighted by Gasteiger charge is 2.45. The lowest BCUT2D eigenvalue weighted by molar-refractivity contribution is 0.331. The number of anilines is 2. The van der Waals surface area contributed by atoms with Crippen molar-refractivity contribution in [2.24, 2.45) is 0 Å². The van der Waals surface area contributed by atoms with Crippen LogP contribution in [0, 0.1) is 0 Å². The highest BCUT2D eigenvalue weighted by molar-refractivity contribution is 6.73. The number of benzene rings is 8. The number of nitrogens with one attached hydrogen (secondary N) is 1. The summed E-state index contributed by atoms with van der Waals surface area (Å²) in [7, 11) is 2.55. The maximum absolute atomic E-state index is 4.09. The lowest BCUT2D eigenvalue weighted by Gasteiger charge is -2.42. The normalized spacial score (nSPS) is 18.1. The van der Waals surface area contributed by atoms with Crippen molar-refractivity contribution in [2.45, 2.75) is 135 Å². The molecule has 2 nitrogen and oxygen atoms in total. The Morgan fingerprint density at radius 1 is 0.472 bits per heavy atom. The van der Waals surface area contributed by atoms with Crippen molar-refractivity contribution in [1.29, 1.82) is 0 Å². The van der Waals surface area contributed by atoms with E-state index in [4.69, 9.17) is 0 Å². The van der Waals surface area contributed by atoms with Gasteiger partial charge in [-0.2, -0.15) is 0 Å². The molecule has 0 atom stereocenters. The van der Waals surface area contributed by atoms with Crippen LogP contribution < -0.4 is 16.2 Å². The van der Waals surface area contributed by atoms with Crippen molar-refractivity contribution in [2.75, 3.05) is 5.32 Å². The van der Waals surface area contributed by atoms with Crippen molar-refractivity contribution in [3.05, 3.63) is 184 Å². The van der Waals surface area contributed by atoms with E-state index in [0.717, 1.165) is 11.4 Å². The number of hydrogen-bond donors (Lipinski definition) is 1. The van der Waals surface area contributed by atoms with Gasteiger partial charge >= 0.3 is 0 Å². The quantitative estimate of drug-likeness (QED) is 0.175. The number of rotatable bonds is 3. The van der Waals surface area contributed by atoms with Crippen LogP contribution in [0.4, 0.5) is 11.4 Å². The van der Waals surface area contributed by atoms with Gasteiger partial charge in [0.15, 0.2) is 7.28 Å². The fraction of sp³-hybridized carbons (Fsp3) is 0.304. The summed E-state index contributed by atoms with van der Waals surface area (Å²) in [4.78, 5) is 0. The highest BCUT2D eigenvalue weighted by Crippen LogP contribution is 2.58. The Morgan fingerprint density at radius 3 is 1.76 bits per heavy atom. The number of fused-ring (bicyclic) bond motifs is 16. The molecule has 3 heteroatoms. The van der Waals surface area contributed by atoms with Crippen molar-refractivity contribution in [1.82, 2.24) is 4.57 Å². The van der Waals surface area contributed by atoms with Crippen LogP contribution >= 0.6 is 0 Å². The largest absolute Gasteiger partial charge is 0.355 e. The van der Waals surface area contributed by atoms with Crippen molar-refractivity contribution in [3.63, 3.8) is 0 Å². The Bertz CT molecular complexity index is 3910. The number of hydrogen-bond acceptors (Lipinski definition) is 1. The second-order valence-corrected chi connectivity index (χ2v) is 26.3. The Hall–Kier alpha value is -6.58. The van der Waals surface area contributed by atoms with Gasteiger partial charge in [0, 0.05) is 55.2 Å². The zero-order valence-electron chi connectivity index (χ0n) is 44.6. The first kappa shape index (κ1) is 44.2. The summed E-state index contributed by atoms with van der Waals surface area (Å²) in [6, 6.07) is 52.7. The van der Waals surface area contributed by atoms with Crippen LogP contribution in [0.15, 0.2) is 133 Å². The Balaban J connectivity index is 1.07. The summed E-state index contributed by atoms with van der Waals surface area (Å²) in [5.74, 6) is 0. The molecule has 2 heterocycles. The van der Waals surface area contributed by atoms with Crippen LogP contribution in [-0.4, -0.2) is 11.8 Å². The minimum absolute atomic E-state index is 0.0634. The Morgan fingerprint density at radius 2 is 1.06 bits per heavy atom. The molecule has 1 aromatic heterocycles. The first-order valence-electron chi connectivity index (χ1n) is 26.7. The van der Waals surface area contributed by atoms with Crippen LogP contribution in [0.3, 0.4) is 0 Å². The van der Waals surface area contributed by atoms with Crippen LogP contribution in [-0.2, 0) is 32.5 Å². The molecule has 0 bridgehead atoms. The van der Waals surface area contributed by atoms with Crippen molar-refractivity contribution >= 4 is 51.4 Å². The first-order valence-corrected chi connectivity index (χ1v) is 26.7. The van der Waals surface area contributed by atoms with E-state index in [1.54, 1.807) is 0 Å². The molecule has 9 aromatic rings. The third-order valence-electron chi connectivity index (χ3n) is 19.1. The minimum atomic E-state index is -0.187. The predicted molar refractivity (Wildman–Crippen MR) is 308 cm³/mol. The van der Waals surface area contributed by atoms with Crippen molar-refractivity contribution < 1.29 is 0 Å². The maximum Gasteiger partial charge on any atom is 0.197 e. The zero-order chi connectivity index (χ0) is 50.0. The molecule has 8 aromatic carbocycles. The number of nitrogens with zero attached hydrogens (tertiary/aromatic N) is 1. The van der Waals surface area contributed by atoms with Gasteiger partial charge in [0.1, 0.15) is 0 Å². The van der Waals surface area contributed by atoms with Gasteiger partial charge in [-0.1, -0.05) is 186 Å². The van der Waals surface area contributed by atoms with Crippen LogP contribution in [0.2, 0.25) is 0 Å². The third-order valence-corrected chi connectivity index (χ3v) is 19.1. The van der Waals surface area contributed by atoms with Gasteiger partial charge in [0.25, 0.3) is 0 Å². The standard InChI is InChI=1S/C69H66BN2/c1-64(2,3)38-22-24-39(25-23-38)71-57-36-52-44(45-33-54-55(35-51(45)69(52,12)13)66(6,7)31-30-65(54,4)5)32-47(57)41-26-27-43-61-58(29-28-50-60(61)42-19-15-17-21-49(42)67(50,8)9)72-59-37-53-46(34-56(59)70-62(41)63(43)72)40-18-14-16-20-48(40)68(53,10)11/h14-29,32-37,71H,30-31H2,1-13H3. The molecule has 14 rings (SSSR count). The van der Waals surface area contributed by atoms with Gasteiger partial charge in [-0.25, -0.2) is 0 Å². The molecular weight excluding hydrogens is 868 g/mol. The van der Waals surface area contributed by atoms with Gasteiger partial charge in [-0.15, -0.1) is 0 Å². The van der Waals surface area contributed by atoms with Crippen molar-refractivity contribution in [3.8, 4) is 50.2 Å². The van der Waals surface area contributed by atoms with Gasteiger partial charge < -0.3 is 9.88 Å². The third kappa shape index (κ3) is 5.69. The molecule has 1 radical (unpaired) electrons. The summed E-state index contributed by atoms with van der Waals surface area (Å²) >= 11 is 0. The van der Waals surface area contributed by atoms with E-state index in [1.165, 1.54) is 146 Å². The molecule has 0 amide bonds. The minimum Gasteiger partial charge on any atom is -0.355 e. The van der Waals surface area contributed by atoms with E-state index in [2.05, 4.69) is 241 Å². The fourth-order valence-corrected chi connectivity index (χ4v) is 14.6. The maximum atomic E-state index is 4.09. The smallest absolute Gasteiger partial charge is 0.197 e. The van der Waals surface area contributed by atoms with Gasteiger partial charge in [-0.3, -0.25) is 0 Å². The molecular formula is C69H66BN2. The SMILES string of the molecule is CC(C)(C)c1ccc(Nc2cc3c(cc2-c2ccc4c5c6c(ccc5n5c4c2[B]c2cc4c(cc2-5)C(C)(C)c2ccccc2-4)C(C)(C)c2ccccc2-6)-c2cc4c(cc2C3(C)C)C(C)(C)CCC4(C)C)cc1. The molecule has 4 aliphatic carbocycles. The average Bonchev–Trinajstić information content (AvgIpc) is 3.96. The molecule has 1 N–H and O–H groups in total. The molecule has 0 unspecified atom stereocenters. The van der Waals surface area contributed by atoms with Crippen LogP contribution in [0.1, 0.15) is 153 Å². The molecule has 5 aliphatic rings. The second-order valence-electron chi connectivity index (χ2n) is 26.3. The van der Waals surface area contributed by atoms with Gasteiger partial charge in [0.05, 0.1) is 5.52 Å². The highest BCUT2D eigenvalue weighted by atomic mass is 15.0. The predicted octanol–water partition coefficient (Wildman–Crippen LogP) is 16.7. The molecule has 355 valence electrons. The lowest BCUT2D eigenvalue weighted by atomic mass is 9.58. The van der Waals surface area contributed by atoms with E-state index >= 15 is 0 Å². The summed E-state index contributed by atoms with van der Waals surface area (Å²) in [6.45, 7) is 31.3. The Kier molecular flexibility index (Phi) is 8.54. The zero-order valence-corrected chi connectivity index (χ0v) is 44.6. The van der Waals surface area contributed by atoms with E-state index in [0.29, 0.717) is 0 Å². The van der Waals surface area contributed by atoms with Crippen LogP contribution in [0.5, 0.6) is 0 Å². The summed E-state index contributed by atoms with van der Waals surface area (Å²) in [5.41, 5.74) is 32.0. The topological polar surface area (TPSA) is 17.0 Å². The molecule has 1 aliphatic heterocycles. The van der Waals surface area contributed by atoms with E-state index in [-0.39, 0.29) is 32.5 Å². The Labute approximate surface area is 428 Å². The van der Waals surface area contributed by atoms with E-state index in [1.807, 2.05) is 0 Å². The molecule has 0 spiro atoms. The molecule has 0 saturated carbocycles. The summed E-state index contributed by atoms with van der Waals surface area (Å²) in [6.07, 6.45) is 2.39. The van der Waals surface area contributed by atoms with E-state index < -0.39 is 0 Å². The molecule has 72 heavy (non-hydrogen) atoms. The fourth-order valence-electron chi connectivity index (χ4n) is 14.6. The summed E-state index contributed by atoms with van der Waals surface area (Å²) in [5, 5.41) is 6.76. The summed E-state index contributed by atoms with van der Waals surface area (Å²) < 4.78 is 2.66. The average molecular weight is 934 g/mol. The lowest BCUT2D eigenvalue weighted by Crippen LogP contribution is -2.37. The van der Waals surface area contributed by atoms with E-state index in [9.17, 15) is 0 Å². The van der Waals surface area contributed by atoms with Crippen LogP contribution in [0.25, 0.3) is 72.0 Å². The number of aromatic nitrogens is 1. The monoisotopic (exact) mass is 934 g/mol. The van der Waals surface area contributed by atoms with Gasteiger partial charge in [-0.05, 0) is 166 Å². The van der Waals surface area contributed by atoms with Gasteiger partial charge in [0.2, 0.25) is 0 Å². The molecule has 0 saturated heterocycles. The second kappa shape index (κ2) is 13.9. The molecule has 0 fully saturated rings. The first-order chi connectivity index (χ1) is 34.1.